The molecule has 0 atom stereocenters. The lowest BCUT2D eigenvalue weighted by molar-refractivity contribution is -0.115. The summed E-state index contributed by atoms with van der Waals surface area (Å²) >= 11 is 0. The number of nitrogens with zero attached hydrogens (tertiary/aromatic N) is 3. The standard InChI is InChI=1S/C29H30N4O/c34-29(21-23-7-3-1-4-8-23)31-28-15-18-30-33(28)27-16-19-32(20-17-27)22-24-11-13-26(14-12-24)25-9-5-2-6-10-25/h1-15,18,27H,16-17,19-22H2,(H,31,34). The van der Waals surface area contributed by atoms with Crippen molar-refractivity contribution in [2.45, 2.75) is 31.8 Å². The van der Waals surface area contributed by atoms with Gasteiger partial charge in [-0.3, -0.25) is 9.69 Å². The second-order valence-electron chi connectivity index (χ2n) is 8.94. The molecule has 0 saturated carbocycles. The van der Waals surface area contributed by atoms with Crippen molar-refractivity contribution in [2.75, 3.05) is 18.4 Å². The molecule has 1 amide bonds. The van der Waals surface area contributed by atoms with Crippen LogP contribution in [0.15, 0.2) is 97.2 Å². The number of benzene rings is 3. The largest absolute Gasteiger partial charge is 0.311 e. The van der Waals surface area contributed by atoms with Crippen molar-refractivity contribution in [1.29, 1.82) is 0 Å². The van der Waals surface area contributed by atoms with Crippen molar-refractivity contribution in [3.8, 4) is 11.1 Å². The van der Waals surface area contributed by atoms with Crippen LogP contribution in [0, 0.1) is 0 Å². The van der Waals surface area contributed by atoms with Crippen LogP contribution >= 0.6 is 0 Å². The summed E-state index contributed by atoms with van der Waals surface area (Å²) in [6.45, 7) is 2.99. The van der Waals surface area contributed by atoms with Gasteiger partial charge in [-0.25, -0.2) is 4.68 Å². The second-order valence-corrected chi connectivity index (χ2v) is 8.94. The Labute approximate surface area is 201 Å². The molecule has 1 N–H and O–H groups in total. The summed E-state index contributed by atoms with van der Waals surface area (Å²) in [5, 5.41) is 7.58. The smallest absolute Gasteiger partial charge is 0.229 e. The van der Waals surface area contributed by atoms with E-state index >= 15 is 0 Å². The number of nitrogens with one attached hydrogen (secondary N) is 1. The van der Waals surface area contributed by atoms with E-state index in [9.17, 15) is 4.79 Å². The number of carbonyl (C=O) groups is 1. The Hall–Kier alpha value is -3.70. The second kappa shape index (κ2) is 10.5. The van der Waals surface area contributed by atoms with Gasteiger partial charge in [0.1, 0.15) is 5.82 Å². The lowest BCUT2D eigenvalue weighted by Gasteiger charge is -2.32. The van der Waals surface area contributed by atoms with Gasteiger partial charge in [0.2, 0.25) is 5.91 Å². The van der Waals surface area contributed by atoms with Crippen LogP contribution in [0.25, 0.3) is 11.1 Å². The van der Waals surface area contributed by atoms with Gasteiger partial charge in [-0.2, -0.15) is 5.10 Å². The first-order chi connectivity index (χ1) is 16.7. The van der Waals surface area contributed by atoms with Gasteiger partial charge < -0.3 is 5.32 Å². The molecule has 1 aromatic heterocycles. The SMILES string of the molecule is O=C(Cc1ccccc1)Nc1ccnn1C1CCN(Cc2ccc(-c3ccccc3)cc2)CC1. The van der Waals surface area contributed by atoms with E-state index in [2.05, 4.69) is 63.8 Å². The zero-order valence-corrected chi connectivity index (χ0v) is 19.3. The van der Waals surface area contributed by atoms with Gasteiger partial charge in [0.05, 0.1) is 18.7 Å². The van der Waals surface area contributed by atoms with E-state index in [1.165, 1.54) is 16.7 Å². The topological polar surface area (TPSA) is 50.2 Å². The molecule has 5 heteroatoms. The normalized spacial score (nSPS) is 14.7. The zero-order valence-electron chi connectivity index (χ0n) is 19.3. The van der Waals surface area contributed by atoms with E-state index < -0.39 is 0 Å². The molecular weight excluding hydrogens is 420 g/mol. The Morgan fingerprint density at radius 2 is 1.44 bits per heavy atom. The molecule has 34 heavy (non-hydrogen) atoms. The lowest BCUT2D eigenvalue weighted by Crippen LogP contribution is -2.35. The molecule has 0 radical (unpaired) electrons. The van der Waals surface area contributed by atoms with Gasteiger partial charge in [-0.1, -0.05) is 84.9 Å². The summed E-state index contributed by atoms with van der Waals surface area (Å²) in [7, 11) is 0. The molecule has 4 aromatic rings. The van der Waals surface area contributed by atoms with Gasteiger partial charge in [0.25, 0.3) is 0 Å². The molecule has 0 unspecified atom stereocenters. The van der Waals surface area contributed by atoms with E-state index in [0.29, 0.717) is 12.5 Å². The fourth-order valence-electron chi connectivity index (χ4n) is 4.69. The van der Waals surface area contributed by atoms with Crippen LogP contribution < -0.4 is 5.32 Å². The number of anilines is 1. The molecule has 172 valence electrons. The highest BCUT2D eigenvalue weighted by atomic mass is 16.1. The van der Waals surface area contributed by atoms with Crippen molar-refractivity contribution in [3.63, 3.8) is 0 Å². The van der Waals surface area contributed by atoms with E-state index in [1.54, 1.807) is 6.20 Å². The minimum Gasteiger partial charge on any atom is -0.311 e. The summed E-state index contributed by atoms with van der Waals surface area (Å²) < 4.78 is 1.99. The molecule has 0 bridgehead atoms. The number of piperidine rings is 1. The zero-order chi connectivity index (χ0) is 23.2. The van der Waals surface area contributed by atoms with Gasteiger partial charge in [-0.05, 0) is 35.1 Å². The fourth-order valence-corrected chi connectivity index (χ4v) is 4.69. The Kier molecular flexibility index (Phi) is 6.82. The molecule has 1 fully saturated rings. The number of likely N-dealkylation sites (tertiary alicyclic amines) is 1. The quantitative estimate of drug-likeness (QED) is 0.401. The van der Waals surface area contributed by atoms with E-state index in [4.69, 9.17) is 0 Å². The van der Waals surface area contributed by atoms with Crippen molar-refractivity contribution in [2.24, 2.45) is 0 Å². The molecule has 1 aliphatic heterocycles. The highest BCUT2D eigenvalue weighted by molar-refractivity contribution is 5.91. The third-order valence-electron chi connectivity index (χ3n) is 6.52. The highest BCUT2D eigenvalue weighted by Crippen LogP contribution is 2.27. The Bertz CT molecular complexity index is 1190. The Morgan fingerprint density at radius 3 is 2.15 bits per heavy atom. The summed E-state index contributed by atoms with van der Waals surface area (Å²) in [5.41, 5.74) is 4.85. The number of aromatic nitrogens is 2. The van der Waals surface area contributed by atoms with Gasteiger partial charge >= 0.3 is 0 Å². The van der Waals surface area contributed by atoms with Crippen LogP contribution in [0.3, 0.4) is 0 Å². The average Bonchev–Trinajstić information content (AvgIpc) is 3.34. The van der Waals surface area contributed by atoms with Crippen molar-refractivity contribution < 1.29 is 4.79 Å². The fraction of sp³-hybridized carbons (Fsp3) is 0.241. The van der Waals surface area contributed by atoms with Crippen molar-refractivity contribution in [3.05, 3.63) is 108 Å². The Morgan fingerprint density at radius 1 is 0.794 bits per heavy atom. The maximum absolute atomic E-state index is 12.5. The summed E-state index contributed by atoms with van der Waals surface area (Å²) in [4.78, 5) is 15.0. The monoisotopic (exact) mass is 450 g/mol. The van der Waals surface area contributed by atoms with Gasteiger partial charge in [0.15, 0.2) is 0 Å². The maximum atomic E-state index is 12.5. The third kappa shape index (κ3) is 5.43. The predicted octanol–water partition coefficient (Wildman–Crippen LogP) is 5.57. The first-order valence-corrected chi connectivity index (χ1v) is 12.0. The molecule has 5 nitrogen and oxygen atoms in total. The van der Waals surface area contributed by atoms with Crippen LogP contribution in [-0.2, 0) is 17.8 Å². The van der Waals surface area contributed by atoms with E-state index in [0.717, 1.165) is 43.9 Å². The summed E-state index contributed by atoms with van der Waals surface area (Å²) in [5.74, 6) is 0.778. The molecule has 1 saturated heterocycles. The third-order valence-corrected chi connectivity index (χ3v) is 6.52. The van der Waals surface area contributed by atoms with Gasteiger partial charge in [-0.15, -0.1) is 0 Å². The minimum atomic E-state index is -0.00987. The summed E-state index contributed by atoms with van der Waals surface area (Å²) in [6, 6.07) is 31.4. The van der Waals surface area contributed by atoms with E-state index in [-0.39, 0.29) is 5.91 Å². The highest BCUT2D eigenvalue weighted by Gasteiger charge is 2.23. The predicted molar refractivity (Wildman–Crippen MR) is 136 cm³/mol. The number of amides is 1. The molecule has 2 heterocycles. The van der Waals surface area contributed by atoms with Crippen molar-refractivity contribution in [1.82, 2.24) is 14.7 Å². The average molecular weight is 451 g/mol. The number of hydrogen-bond acceptors (Lipinski definition) is 3. The van der Waals surface area contributed by atoms with Crippen LogP contribution in [-0.4, -0.2) is 33.7 Å². The van der Waals surface area contributed by atoms with Crippen LogP contribution in [0.5, 0.6) is 0 Å². The number of carbonyl (C=O) groups excluding carboxylic acids is 1. The first kappa shape index (κ1) is 22.1. The van der Waals surface area contributed by atoms with Crippen LogP contribution in [0.4, 0.5) is 5.82 Å². The lowest BCUT2D eigenvalue weighted by atomic mass is 10.0. The Balaban J connectivity index is 1.14. The summed E-state index contributed by atoms with van der Waals surface area (Å²) in [6.07, 6.45) is 4.18. The first-order valence-electron chi connectivity index (χ1n) is 12.0. The van der Waals surface area contributed by atoms with Crippen LogP contribution in [0.2, 0.25) is 0 Å². The molecular formula is C29H30N4O. The molecule has 0 spiro atoms. The maximum Gasteiger partial charge on any atom is 0.229 e. The number of rotatable bonds is 7. The number of hydrogen-bond donors (Lipinski definition) is 1. The van der Waals surface area contributed by atoms with E-state index in [1.807, 2.05) is 47.1 Å². The molecule has 0 aliphatic carbocycles. The van der Waals surface area contributed by atoms with Crippen LogP contribution in [0.1, 0.15) is 30.0 Å². The molecule has 5 rings (SSSR count). The minimum absolute atomic E-state index is 0.00987. The molecule has 3 aromatic carbocycles. The molecule has 1 aliphatic rings. The van der Waals surface area contributed by atoms with Crippen molar-refractivity contribution >= 4 is 11.7 Å². The van der Waals surface area contributed by atoms with Gasteiger partial charge in [0, 0.05) is 25.7 Å².